The summed E-state index contributed by atoms with van der Waals surface area (Å²) in [7, 11) is 0. The Morgan fingerprint density at radius 1 is 0.583 bits per heavy atom. The SMILES string of the molecule is FC(F)(F)C1(c2ccc(COc3ccc(OCc4ccc(C5(C(F)(F)F)NN5)cc4)cc3)cc2)N=N1. The van der Waals surface area contributed by atoms with Crippen LogP contribution in [0, 0.1) is 0 Å². The van der Waals surface area contributed by atoms with Gasteiger partial charge in [-0.1, -0.05) is 48.5 Å². The quantitative estimate of drug-likeness (QED) is 0.295. The van der Waals surface area contributed by atoms with Crippen molar-refractivity contribution in [2.75, 3.05) is 0 Å². The summed E-state index contributed by atoms with van der Waals surface area (Å²) in [6, 6.07) is 18.3. The van der Waals surface area contributed by atoms with Gasteiger partial charge in [0.1, 0.15) is 24.7 Å². The van der Waals surface area contributed by atoms with Gasteiger partial charge >= 0.3 is 18.0 Å². The lowest BCUT2D eigenvalue weighted by Crippen LogP contribution is -2.34. The summed E-state index contributed by atoms with van der Waals surface area (Å²) in [5.74, 6) is 1.05. The van der Waals surface area contributed by atoms with E-state index in [4.69, 9.17) is 9.47 Å². The van der Waals surface area contributed by atoms with Crippen LogP contribution in [0.2, 0.25) is 0 Å². The van der Waals surface area contributed by atoms with Crippen molar-refractivity contribution < 1.29 is 35.8 Å². The Bertz CT molecular complexity index is 1160. The van der Waals surface area contributed by atoms with Crippen molar-refractivity contribution in [2.45, 2.75) is 36.9 Å². The van der Waals surface area contributed by atoms with E-state index in [1.807, 2.05) is 0 Å². The van der Waals surface area contributed by atoms with Gasteiger partial charge in [0, 0.05) is 5.56 Å². The molecular weight excluding hydrogens is 490 g/mol. The molecule has 0 radical (unpaired) electrons. The van der Waals surface area contributed by atoms with Crippen LogP contribution in [0.15, 0.2) is 83.0 Å². The van der Waals surface area contributed by atoms with E-state index < -0.39 is 23.7 Å². The summed E-state index contributed by atoms with van der Waals surface area (Å²) in [6.45, 7) is 0.300. The fraction of sp³-hybridized carbons (Fsp3) is 0.250. The third-order valence-corrected chi connectivity index (χ3v) is 5.87. The van der Waals surface area contributed by atoms with Gasteiger partial charge in [-0.25, -0.2) is 10.9 Å². The molecule has 0 saturated carbocycles. The van der Waals surface area contributed by atoms with Crippen LogP contribution < -0.4 is 20.3 Å². The van der Waals surface area contributed by atoms with E-state index in [9.17, 15) is 26.3 Å². The summed E-state index contributed by atoms with van der Waals surface area (Å²) < 4.78 is 90.0. The minimum atomic E-state index is -4.57. The Balaban J connectivity index is 1.11. The van der Waals surface area contributed by atoms with E-state index >= 15 is 0 Å². The number of alkyl halides is 6. The van der Waals surface area contributed by atoms with E-state index in [1.54, 1.807) is 36.4 Å². The maximum atomic E-state index is 13.1. The van der Waals surface area contributed by atoms with Crippen molar-refractivity contribution in [1.29, 1.82) is 0 Å². The molecule has 0 spiro atoms. The molecule has 36 heavy (non-hydrogen) atoms. The molecule has 0 amide bonds. The number of nitrogens with one attached hydrogen (secondary N) is 2. The van der Waals surface area contributed by atoms with Gasteiger partial charge in [-0.15, -0.1) is 10.2 Å². The van der Waals surface area contributed by atoms with E-state index in [0.29, 0.717) is 22.6 Å². The highest BCUT2D eigenvalue weighted by atomic mass is 19.4. The van der Waals surface area contributed by atoms with Crippen LogP contribution in [0.1, 0.15) is 22.3 Å². The Hall–Kier alpha value is -3.64. The lowest BCUT2D eigenvalue weighted by Gasteiger charge is -2.16. The Morgan fingerprint density at radius 2 is 1.00 bits per heavy atom. The zero-order chi connectivity index (χ0) is 25.6. The molecule has 0 unspecified atom stereocenters. The van der Waals surface area contributed by atoms with Crippen molar-refractivity contribution in [3.8, 4) is 11.5 Å². The van der Waals surface area contributed by atoms with Crippen LogP contribution in [-0.2, 0) is 24.5 Å². The first-order valence-electron chi connectivity index (χ1n) is 10.7. The number of rotatable bonds is 8. The number of halogens is 6. The van der Waals surface area contributed by atoms with Gasteiger partial charge in [0.05, 0.1) is 0 Å². The van der Waals surface area contributed by atoms with Gasteiger partial charge in [-0.2, -0.15) is 26.3 Å². The predicted molar refractivity (Wildman–Crippen MR) is 115 cm³/mol. The number of hydrogen-bond acceptors (Lipinski definition) is 6. The van der Waals surface area contributed by atoms with Gasteiger partial charge in [0.2, 0.25) is 5.66 Å². The molecule has 2 aliphatic rings. The van der Waals surface area contributed by atoms with E-state index in [-0.39, 0.29) is 24.3 Å². The molecule has 12 heteroatoms. The zero-order valence-corrected chi connectivity index (χ0v) is 18.3. The second-order valence-corrected chi connectivity index (χ2v) is 8.31. The second kappa shape index (κ2) is 8.49. The normalized spacial score (nSPS) is 17.5. The topological polar surface area (TPSA) is 87.1 Å². The lowest BCUT2D eigenvalue weighted by molar-refractivity contribution is -0.166. The molecule has 0 aliphatic carbocycles. The molecule has 2 heterocycles. The molecule has 0 aromatic heterocycles. The average Bonchev–Trinajstić information content (AvgIpc) is 3.75. The molecule has 6 nitrogen and oxygen atoms in total. The molecule has 2 N–H and O–H groups in total. The largest absolute Gasteiger partial charge is 0.489 e. The van der Waals surface area contributed by atoms with Gasteiger partial charge < -0.3 is 9.47 Å². The van der Waals surface area contributed by atoms with E-state index in [1.165, 1.54) is 36.4 Å². The highest BCUT2D eigenvalue weighted by molar-refractivity contribution is 5.35. The highest BCUT2D eigenvalue weighted by Crippen LogP contribution is 2.52. The highest BCUT2D eigenvalue weighted by Gasteiger charge is 2.65. The minimum absolute atomic E-state index is 0.0457. The van der Waals surface area contributed by atoms with Gasteiger partial charge in [0.25, 0.3) is 0 Å². The van der Waals surface area contributed by atoms with E-state index in [2.05, 4.69) is 21.1 Å². The third-order valence-electron chi connectivity index (χ3n) is 5.87. The molecule has 0 atom stereocenters. The number of hydrogen-bond donors (Lipinski definition) is 2. The zero-order valence-electron chi connectivity index (χ0n) is 18.3. The van der Waals surface area contributed by atoms with Crippen LogP contribution in [0.4, 0.5) is 26.3 Å². The van der Waals surface area contributed by atoms with Crippen molar-refractivity contribution >= 4 is 0 Å². The first kappa shape index (κ1) is 24.1. The molecule has 3 aromatic carbocycles. The fourth-order valence-corrected chi connectivity index (χ4v) is 3.60. The molecule has 1 fully saturated rings. The van der Waals surface area contributed by atoms with Crippen LogP contribution in [0.25, 0.3) is 0 Å². The van der Waals surface area contributed by atoms with Crippen LogP contribution >= 0.6 is 0 Å². The van der Waals surface area contributed by atoms with Crippen LogP contribution in [0.3, 0.4) is 0 Å². The van der Waals surface area contributed by atoms with Crippen molar-refractivity contribution in [2.24, 2.45) is 10.2 Å². The fourth-order valence-electron chi connectivity index (χ4n) is 3.60. The summed E-state index contributed by atoms with van der Waals surface area (Å²) >= 11 is 0. The summed E-state index contributed by atoms with van der Waals surface area (Å²) in [6.07, 6.45) is -9.03. The van der Waals surface area contributed by atoms with Gasteiger partial charge in [-0.05, 0) is 41.0 Å². The first-order valence-corrected chi connectivity index (χ1v) is 10.7. The summed E-state index contributed by atoms with van der Waals surface area (Å²) in [5, 5.41) is 6.35. The maximum Gasteiger partial charge on any atom is 0.442 e. The van der Waals surface area contributed by atoms with Gasteiger partial charge in [0.15, 0.2) is 0 Å². The van der Waals surface area contributed by atoms with Crippen molar-refractivity contribution in [1.82, 2.24) is 10.9 Å². The standard InChI is InChI=1S/C24H18F6N4O2/c25-23(26,27)21(31-32-21)17-5-1-15(2-6-17)13-35-19-9-11-20(12-10-19)36-14-16-3-7-18(8-4-16)22(33-34-22)24(28,29)30/h1-12,31-32H,13-14H2. The van der Waals surface area contributed by atoms with Crippen molar-refractivity contribution in [3.63, 3.8) is 0 Å². The molecule has 3 aromatic rings. The Kier molecular flexibility index (Phi) is 5.67. The predicted octanol–water partition coefficient (Wildman–Crippen LogP) is 5.85. The Morgan fingerprint density at radius 3 is 1.33 bits per heavy atom. The third kappa shape index (κ3) is 4.49. The summed E-state index contributed by atoms with van der Waals surface area (Å²) in [5.41, 5.74) is 1.06. The molecule has 5 rings (SSSR count). The number of benzene rings is 3. The van der Waals surface area contributed by atoms with Crippen LogP contribution in [0.5, 0.6) is 11.5 Å². The first-order chi connectivity index (χ1) is 17.0. The monoisotopic (exact) mass is 508 g/mol. The molecule has 2 aliphatic heterocycles. The average molecular weight is 508 g/mol. The molecule has 188 valence electrons. The maximum absolute atomic E-state index is 13.1. The van der Waals surface area contributed by atoms with E-state index in [0.717, 1.165) is 0 Å². The number of nitrogens with zero attached hydrogens (tertiary/aromatic N) is 2. The lowest BCUT2D eigenvalue weighted by atomic mass is 10.0. The Labute approximate surface area is 200 Å². The molecule has 1 saturated heterocycles. The molecular formula is C24H18F6N4O2. The number of ether oxygens (including phenoxy) is 2. The number of hydrazine groups is 1. The minimum Gasteiger partial charge on any atom is -0.489 e. The smallest absolute Gasteiger partial charge is 0.442 e. The summed E-state index contributed by atoms with van der Waals surface area (Å²) in [4.78, 5) is 0. The van der Waals surface area contributed by atoms with Crippen LogP contribution in [-0.4, -0.2) is 12.4 Å². The second-order valence-electron chi connectivity index (χ2n) is 8.31. The molecule has 0 bridgehead atoms. The van der Waals surface area contributed by atoms with Crippen molar-refractivity contribution in [3.05, 3.63) is 95.1 Å². The van der Waals surface area contributed by atoms with Gasteiger partial charge in [-0.3, -0.25) is 0 Å².